The number of urea groups is 1. The van der Waals surface area contributed by atoms with Crippen LogP contribution in [0.25, 0.3) is 0 Å². The number of carbonyl (C=O) groups is 1. The maximum atomic E-state index is 11.4. The number of hydrogen-bond acceptors (Lipinski definition) is 4. The van der Waals surface area contributed by atoms with Crippen LogP contribution >= 0.6 is 0 Å². The summed E-state index contributed by atoms with van der Waals surface area (Å²) < 4.78 is 0. The molecule has 2 amide bonds. The predicted octanol–water partition coefficient (Wildman–Crippen LogP) is 1.25. The van der Waals surface area contributed by atoms with Crippen LogP contribution in [0.4, 0.5) is 10.6 Å². The Morgan fingerprint density at radius 1 is 1.19 bits per heavy atom. The number of nitrogens with zero attached hydrogens (tertiary/aromatic N) is 2. The van der Waals surface area contributed by atoms with Gasteiger partial charge in [-0.3, -0.25) is 0 Å². The quantitative estimate of drug-likeness (QED) is 0.763. The lowest BCUT2D eigenvalue weighted by Gasteiger charge is -2.21. The van der Waals surface area contributed by atoms with Crippen molar-refractivity contribution >= 4 is 11.8 Å². The van der Waals surface area contributed by atoms with E-state index < -0.39 is 0 Å². The van der Waals surface area contributed by atoms with Crippen LogP contribution in [0.15, 0.2) is 18.3 Å². The van der Waals surface area contributed by atoms with E-state index in [1.807, 2.05) is 18.3 Å². The number of nitrogens with one attached hydrogen (secondary N) is 2. The molecular weight excluding hydrogens is 268 g/mol. The van der Waals surface area contributed by atoms with E-state index in [9.17, 15) is 4.79 Å². The van der Waals surface area contributed by atoms with Gasteiger partial charge in [-0.1, -0.05) is 18.9 Å². The first-order chi connectivity index (χ1) is 10.3. The molecule has 1 fully saturated rings. The van der Waals surface area contributed by atoms with Gasteiger partial charge in [-0.25, -0.2) is 9.78 Å². The summed E-state index contributed by atoms with van der Waals surface area (Å²) in [6, 6.07) is 3.74. The van der Waals surface area contributed by atoms with E-state index in [1.54, 1.807) is 0 Å². The molecule has 2 heterocycles. The minimum Gasteiger partial charge on any atom is -0.395 e. The highest BCUT2D eigenvalue weighted by molar-refractivity contribution is 5.73. The molecule has 6 nitrogen and oxygen atoms in total. The van der Waals surface area contributed by atoms with Crippen LogP contribution in [0.3, 0.4) is 0 Å². The molecule has 0 bridgehead atoms. The fraction of sp³-hybridized carbons (Fsp3) is 0.600. The molecule has 0 spiro atoms. The second-order valence-corrected chi connectivity index (χ2v) is 5.26. The highest BCUT2D eigenvalue weighted by atomic mass is 16.3. The molecule has 0 saturated carbocycles. The molecule has 0 radical (unpaired) electrons. The van der Waals surface area contributed by atoms with E-state index in [1.165, 1.54) is 25.7 Å². The maximum absolute atomic E-state index is 11.4. The minimum absolute atomic E-state index is 0.0560. The van der Waals surface area contributed by atoms with Crippen molar-refractivity contribution in [1.82, 2.24) is 15.6 Å². The SMILES string of the molecule is O=C(NCCO)NCc1ccc(N2CCCCCC2)nc1. The summed E-state index contributed by atoms with van der Waals surface area (Å²) in [4.78, 5) is 18.2. The van der Waals surface area contributed by atoms with Crippen molar-refractivity contribution in [2.75, 3.05) is 31.1 Å². The van der Waals surface area contributed by atoms with Crippen molar-refractivity contribution in [2.45, 2.75) is 32.2 Å². The van der Waals surface area contributed by atoms with Crippen molar-refractivity contribution in [2.24, 2.45) is 0 Å². The number of anilines is 1. The summed E-state index contributed by atoms with van der Waals surface area (Å²) in [6.07, 6.45) is 6.89. The van der Waals surface area contributed by atoms with Gasteiger partial charge in [0.25, 0.3) is 0 Å². The van der Waals surface area contributed by atoms with Crippen LogP contribution in [0, 0.1) is 0 Å². The van der Waals surface area contributed by atoms with Crippen LogP contribution in [0.1, 0.15) is 31.2 Å². The third-order valence-corrected chi connectivity index (χ3v) is 3.59. The Hall–Kier alpha value is -1.82. The van der Waals surface area contributed by atoms with E-state index in [4.69, 9.17) is 5.11 Å². The van der Waals surface area contributed by atoms with Gasteiger partial charge in [-0.2, -0.15) is 0 Å². The fourth-order valence-electron chi connectivity index (χ4n) is 2.42. The van der Waals surface area contributed by atoms with Gasteiger partial charge in [0.15, 0.2) is 0 Å². The summed E-state index contributed by atoms with van der Waals surface area (Å²) in [6.45, 7) is 2.80. The van der Waals surface area contributed by atoms with Crippen molar-refractivity contribution in [3.05, 3.63) is 23.9 Å². The van der Waals surface area contributed by atoms with Crippen LogP contribution in [0.2, 0.25) is 0 Å². The van der Waals surface area contributed by atoms with Crippen molar-refractivity contribution in [1.29, 1.82) is 0 Å². The highest BCUT2D eigenvalue weighted by Crippen LogP contribution is 2.17. The smallest absolute Gasteiger partial charge is 0.315 e. The number of aliphatic hydroxyl groups excluding tert-OH is 1. The maximum Gasteiger partial charge on any atom is 0.315 e. The van der Waals surface area contributed by atoms with Gasteiger partial charge in [-0.15, -0.1) is 0 Å². The van der Waals surface area contributed by atoms with Crippen LogP contribution in [0.5, 0.6) is 0 Å². The molecule has 2 rings (SSSR count). The molecule has 0 unspecified atom stereocenters. The van der Waals surface area contributed by atoms with Gasteiger partial charge >= 0.3 is 6.03 Å². The fourth-order valence-corrected chi connectivity index (χ4v) is 2.42. The molecule has 1 aliphatic heterocycles. The van der Waals surface area contributed by atoms with E-state index in [-0.39, 0.29) is 19.2 Å². The zero-order valence-electron chi connectivity index (χ0n) is 12.3. The lowest BCUT2D eigenvalue weighted by Crippen LogP contribution is -2.36. The van der Waals surface area contributed by atoms with Crippen molar-refractivity contribution < 1.29 is 9.90 Å². The Balaban J connectivity index is 1.82. The average molecular weight is 292 g/mol. The Labute approximate surface area is 125 Å². The number of aromatic nitrogens is 1. The second-order valence-electron chi connectivity index (χ2n) is 5.26. The van der Waals surface area contributed by atoms with Crippen LogP contribution in [-0.4, -0.2) is 42.4 Å². The molecular formula is C15H24N4O2. The summed E-state index contributed by atoms with van der Waals surface area (Å²) in [5.41, 5.74) is 0.965. The van der Waals surface area contributed by atoms with Gasteiger partial charge < -0.3 is 20.6 Å². The van der Waals surface area contributed by atoms with Gasteiger partial charge in [0.1, 0.15) is 5.82 Å². The van der Waals surface area contributed by atoms with Gasteiger partial charge in [0, 0.05) is 32.4 Å². The zero-order valence-corrected chi connectivity index (χ0v) is 12.3. The number of carbonyl (C=O) groups excluding carboxylic acids is 1. The monoisotopic (exact) mass is 292 g/mol. The third kappa shape index (κ3) is 5.23. The third-order valence-electron chi connectivity index (χ3n) is 3.59. The number of pyridine rings is 1. The predicted molar refractivity (Wildman–Crippen MR) is 82.2 cm³/mol. The minimum atomic E-state index is -0.277. The molecule has 1 aromatic rings. The van der Waals surface area contributed by atoms with Crippen molar-refractivity contribution in [3.8, 4) is 0 Å². The van der Waals surface area contributed by atoms with E-state index in [0.717, 1.165) is 24.5 Å². The van der Waals surface area contributed by atoms with E-state index in [0.29, 0.717) is 6.54 Å². The molecule has 0 aliphatic carbocycles. The highest BCUT2D eigenvalue weighted by Gasteiger charge is 2.10. The number of rotatable bonds is 5. The lowest BCUT2D eigenvalue weighted by molar-refractivity contribution is 0.234. The molecule has 1 saturated heterocycles. The zero-order chi connectivity index (χ0) is 14.9. The molecule has 1 aliphatic rings. The standard InChI is InChI=1S/C15H24N4O2/c20-10-7-16-15(21)18-12-13-5-6-14(17-11-13)19-8-3-1-2-4-9-19/h5-6,11,20H,1-4,7-10,12H2,(H2,16,18,21). The topological polar surface area (TPSA) is 77.5 Å². The Morgan fingerprint density at radius 2 is 1.95 bits per heavy atom. The Kier molecular flexibility index (Phi) is 6.27. The van der Waals surface area contributed by atoms with E-state index >= 15 is 0 Å². The molecule has 1 aromatic heterocycles. The summed E-state index contributed by atoms with van der Waals surface area (Å²) in [5, 5.41) is 13.9. The molecule has 116 valence electrons. The molecule has 6 heteroatoms. The van der Waals surface area contributed by atoms with Gasteiger partial charge in [0.2, 0.25) is 0 Å². The van der Waals surface area contributed by atoms with E-state index in [2.05, 4.69) is 20.5 Å². The summed E-state index contributed by atoms with van der Waals surface area (Å²) in [7, 11) is 0. The summed E-state index contributed by atoms with van der Waals surface area (Å²) >= 11 is 0. The van der Waals surface area contributed by atoms with Crippen LogP contribution < -0.4 is 15.5 Å². The molecule has 3 N–H and O–H groups in total. The number of hydrogen-bond donors (Lipinski definition) is 3. The normalized spacial score (nSPS) is 15.4. The molecule has 21 heavy (non-hydrogen) atoms. The van der Waals surface area contributed by atoms with Crippen LogP contribution in [-0.2, 0) is 6.54 Å². The Bertz CT molecular complexity index is 428. The first-order valence-corrected chi connectivity index (χ1v) is 7.62. The van der Waals surface area contributed by atoms with Crippen molar-refractivity contribution in [3.63, 3.8) is 0 Å². The summed E-state index contributed by atoms with van der Waals surface area (Å²) in [5.74, 6) is 1.02. The average Bonchev–Trinajstić information content (AvgIpc) is 2.80. The first-order valence-electron chi connectivity index (χ1n) is 7.62. The second kappa shape index (κ2) is 8.46. The Morgan fingerprint density at radius 3 is 2.57 bits per heavy atom. The largest absolute Gasteiger partial charge is 0.395 e. The van der Waals surface area contributed by atoms with Gasteiger partial charge in [-0.05, 0) is 24.5 Å². The lowest BCUT2D eigenvalue weighted by atomic mass is 10.2. The molecule has 0 atom stereocenters. The first kappa shape index (κ1) is 15.6. The number of amides is 2. The number of aliphatic hydroxyl groups is 1. The van der Waals surface area contributed by atoms with Gasteiger partial charge in [0.05, 0.1) is 6.61 Å². The molecule has 0 aromatic carbocycles.